The first-order valence-electron chi connectivity index (χ1n) is 10.6. The molecule has 166 valence electrons. The first-order valence-corrected chi connectivity index (χ1v) is 10.6. The highest BCUT2D eigenvalue weighted by molar-refractivity contribution is 6.46. The number of hydrogen-bond acceptors (Lipinski definition) is 5. The summed E-state index contributed by atoms with van der Waals surface area (Å²) in [5.74, 6) is -0.163. The van der Waals surface area contributed by atoms with E-state index >= 15 is 0 Å². The Morgan fingerprint density at radius 1 is 1.16 bits per heavy atom. The molecule has 0 saturated carbocycles. The third kappa shape index (κ3) is 4.99. The molecule has 7 nitrogen and oxygen atoms in total. The number of carbonyl (C=O) groups excluding carboxylic acids is 2. The zero-order valence-corrected chi connectivity index (χ0v) is 18.7. The summed E-state index contributed by atoms with van der Waals surface area (Å²) in [5, 5.41) is 13.3. The molecular weight excluding hydrogens is 396 g/mol. The minimum absolute atomic E-state index is 0.00842. The van der Waals surface area contributed by atoms with Gasteiger partial charge in [-0.25, -0.2) is 0 Å². The van der Waals surface area contributed by atoms with Crippen LogP contribution in [0.15, 0.2) is 46.4 Å². The highest BCUT2D eigenvalue weighted by Crippen LogP contribution is 2.39. The Bertz CT molecular complexity index is 972. The highest BCUT2D eigenvalue weighted by atomic mass is 16.5. The lowest BCUT2D eigenvalue weighted by atomic mass is 9.99. The van der Waals surface area contributed by atoms with Gasteiger partial charge in [-0.15, -0.1) is 0 Å². The van der Waals surface area contributed by atoms with Crippen molar-refractivity contribution in [3.63, 3.8) is 0 Å². The summed E-state index contributed by atoms with van der Waals surface area (Å²) in [6.45, 7) is 6.83. The summed E-state index contributed by atoms with van der Waals surface area (Å²) in [7, 11) is 4.05. The number of hydrogen-bond donors (Lipinski definition) is 1. The minimum atomic E-state index is -0.815. The number of carbonyl (C=O) groups is 2. The molecule has 1 saturated heterocycles. The second-order valence-electron chi connectivity index (χ2n) is 8.42. The molecule has 7 heteroatoms. The maximum atomic E-state index is 13.3. The van der Waals surface area contributed by atoms with E-state index in [4.69, 9.17) is 9.15 Å². The summed E-state index contributed by atoms with van der Waals surface area (Å²) >= 11 is 0. The van der Waals surface area contributed by atoms with Crippen molar-refractivity contribution in [3.05, 3.63) is 59.1 Å². The van der Waals surface area contributed by atoms with Gasteiger partial charge in [-0.3, -0.25) is 9.59 Å². The first kappa shape index (κ1) is 22.6. The van der Waals surface area contributed by atoms with E-state index in [0.717, 1.165) is 6.54 Å². The van der Waals surface area contributed by atoms with Crippen molar-refractivity contribution in [3.8, 4) is 5.75 Å². The van der Waals surface area contributed by atoms with E-state index in [1.54, 1.807) is 43.3 Å². The standard InChI is InChI=1S/C24H30N2O5/c1-15(2)30-18-10-8-17(9-11-18)22(27)20-21(19-12-7-16(3)31-19)26(24(29)23(20)28)14-6-13-25(4)5/h7-12,15,21,27H,6,13-14H2,1-5H3. The van der Waals surface area contributed by atoms with Gasteiger partial charge in [0.05, 0.1) is 26.7 Å². The lowest BCUT2D eigenvalue weighted by Gasteiger charge is -2.26. The molecule has 2 heterocycles. The van der Waals surface area contributed by atoms with E-state index in [0.29, 0.717) is 35.8 Å². The molecule has 1 aliphatic heterocycles. The van der Waals surface area contributed by atoms with E-state index in [9.17, 15) is 14.7 Å². The molecule has 1 atom stereocenters. The fourth-order valence-corrected chi connectivity index (χ4v) is 3.71. The van der Waals surface area contributed by atoms with Crippen LogP contribution in [-0.4, -0.2) is 49.9 Å². The average Bonchev–Trinajstić information content (AvgIpc) is 3.23. The lowest BCUT2D eigenvalue weighted by molar-refractivity contribution is -0.858. The molecule has 3 rings (SSSR count). The molecule has 1 unspecified atom stereocenters. The van der Waals surface area contributed by atoms with Crippen LogP contribution in [0.2, 0.25) is 0 Å². The molecule has 31 heavy (non-hydrogen) atoms. The van der Waals surface area contributed by atoms with Crippen LogP contribution >= 0.6 is 0 Å². The number of benzene rings is 1. The molecule has 2 aromatic rings. The Hall–Kier alpha value is -3.06. The van der Waals surface area contributed by atoms with Crippen LogP contribution in [0.4, 0.5) is 0 Å². The van der Waals surface area contributed by atoms with Crippen molar-refractivity contribution in [2.24, 2.45) is 0 Å². The van der Waals surface area contributed by atoms with Crippen molar-refractivity contribution in [1.29, 1.82) is 0 Å². The minimum Gasteiger partial charge on any atom is -0.872 e. The second kappa shape index (κ2) is 9.39. The fraction of sp³-hybridized carbons (Fsp3) is 0.417. The van der Waals surface area contributed by atoms with Crippen LogP contribution in [0.25, 0.3) is 5.76 Å². The van der Waals surface area contributed by atoms with Gasteiger partial charge in [0.1, 0.15) is 23.3 Å². The number of likely N-dealkylation sites (tertiary alicyclic amines) is 1. The van der Waals surface area contributed by atoms with Gasteiger partial charge < -0.3 is 24.1 Å². The van der Waals surface area contributed by atoms with Crippen molar-refractivity contribution < 1.29 is 28.7 Å². The van der Waals surface area contributed by atoms with Gasteiger partial charge in [-0.05, 0) is 50.6 Å². The molecule has 0 bridgehead atoms. The summed E-state index contributed by atoms with van der Waals surface area (Å²) in [5.41, 5.74) is 0.272. The average molecular weight is 427 g/mol. The summed E-state index contributed by atoms with van der Waals surface area (Å²) in [4.78, 5) is 28.4. The van der Waals surface area contributed by atoms with E-state index in [1.807, 2.05) is 27.9 Å². The number of ketones is 1. The van der Waals surface area contributed by atoms with Crippen LogP contribution in [0.1, 0.15) is 43.4 Å². The topological polar surface area (TPSA) is 87.2 Å². The number of quaternary nitrogens is 1. The van der Waals surface area contributed by atoms with Crippen LogP contribution in [0, 0.1) is 6.92 Å². The number of Topliss-reactive ketones (excluding diaryl/α,β-unsaturated/α-hetero) is 1. The van der Waals surface area contributed by atoms with Crippen molar-refractivity contribution >= 4 is 17.4 Å². The molecule has 0 radical (unpaired) electrons. The number of amides is 1. The number of aryl methyl sites for hydroxylation is 1. The van der Waals surface area contributed by atoms with Gasteiger partial charge >= 0.3 is 0 Å². The predicted molar refractivity (Wildman–Crippen MR) is 114 cm³/mol. The van der Waals surface area contributed by atoms with Crippen molar-refractivity contribution in [2.45, 2.75) is 39.3 Å². The molecule has 1 fully saturated rings. The third-order valence-corrected chi connectivity index (χ3v) is 5.12. The normalized spacial score (nSPS) is 18.4. The largest absolute Gasteiger partial charge is 0.872 e. The smallest absolute Gasteiger partial charge is 0.295 e. The monoisotopic (exact) mass is 426 g/mol. The van der Waals surface area contributed by atoms with Crippen LogP contribution in [0.3, 0.4) is 0 Å². The molecular formula is C24H30N2O5. The van der Waals surface area contributed by atoms with Crippen LogP contribution < -0.4 is 14.7 Å². The number of nitrogens with zero attached hydrogens (tertiary/aromatic N) is 1. The number of rotatable bonds is 8. The Balaban J connectivity index is 2.00. The molecule has 0 aliphatic carbocycles. The summed E-state index contributed by atoms with van der Waals surface area (Å²) in [6, 6.07) is 9.30. The Morgan fingerprint density at radius 3 is 2.39 bits per heavy atom. The molecule has 1 aromatic carbocycles. The second-order valence-corrected chi connectivity index (χ2v) is 8.42. The predicted octanol–water partition coefficient (Wildman–Crippen LogP) is 1.13. The van der Waals surface area contributed by atoms with Crippen LogP contribution in [0.5, 0.6) is 5.75 Å². The Morgan fingerprint density at radius 2 is 1.84 bits per heavy atom. The number of furan rings is 1. The van der Waals surface area contributed by atoms with Crippen molar-refractivity contribution in [2.75, 3.05) is 27.2 Å². The van der Waals surface area contributed by atoms with Crippen molar-refractivity contribution in [1.82, 2.24) is 4.90 Å². The van der Waals surface area contributed by atoms with E-state index in [1.165, 1.54) is 9.80 Å². The van der Waals surface area contributed by atoms with Gasteiger partial charge in [0.25, 0.3) is 5.91 Å². The third-order valence-electron chi connectivity index (χ3n) is 5.12. The zero-order chi connectivity index (χ0) is 22.7. The lowest BCUT2D eigenvalue weighted by Crippen LogP contribution is -3.05. The quantitative estimate of drug-likeness (QED) is 0.389. The van der Waals surface area contributed by atoms with E-state index in [2.05, 4.69) is 0 Å². The summed E-state index contributed by atoms with van der Waals surface area (Å²) < 4.78 is 11.4. The van der Waals surface area contributed by atoms with E-state index < -0.39 is 23.5 Å². The van der Waals surface area contributed by atoms with Gasteiger partial charge in [-0.1, -0.05) is 17.9 Å². The molecule has 1 aromatic heterocycles. The maximum Gasteiger partial charge on any atom is 0.295 e. The molecule has 0 spiro atoms. The SMILES string of the molecule is Cc1ccc(C2C(=C([O-])c3ccc(OC(C)C)cc3)C(=O)C(=O)N2CCC[NH+](C)C)o1. The Kier molecular flexibility index (Phi) is 6.85. The molecule has 1 amide bonds. The Labute approximate surface area is 182 Å². The highest BCUT2D eigenvalue weighted by Gasteiger charge is 2.45. The molecule has 1 N–H and O–H groups in total. The fourth-order valence-electron chi connectivity index (χ4n) is 3.71. The summed E-state index contributed by atoms with van der Waals surface area (Å²) in [6.07, 6.45) is 0.717. The van der Waals surface area contributed by atoms with Gasteiger partial charge in [0, 0.05) is 18.5 Å². The first-order chi connectivity index (χ1) is 14.7. The van der Waals surface area contributed by atoms with E-state index in [-0.39, 0.29) is 11.7 Å². The number of ether oxygens (including phenoxy) is 1. The van der Waals surface area contributed by atoms with Gasteiger partial charge in [-0.2, -0.15) is 0 Å². The molecule has 1 aliphatic rings. The zero-order valence-electron chi connectivity index (χ0n) is 18.7. The maximum absolute atomic E-state index is 13.3. The van der Waals surface area contributed by atoms with Crippen LogP contribution in [-0.2, 0) is 9.59 Å². The van der Waals surface area contributed by atoms with Gasteiger partial charge in [0.15, 0.2) is 0 Å². The number of nitrogens with one attached hydrogen (secondary N) is 1. The van der Waals surface area contributed by atoms with Gasteiger partial charge in [0.2, 0.25) is 5.78 Å².